The second-order valence-electron chi connectivity index (χ2n) is 6.45. The van der Waals surface area contributed by atoms with E-state index in [2.05, 4.69) is 4.98 Å². The molecular weight excluding hydrogens is 335 g/mol. The van der Waals surface area contributed by atoms with E-state index >= 15 is 0 Å². The number of carbonyl (C=O) groups is 1. The average molecular weight is 352 g/mol. The number of pyridine rings is 1. The lowest BCUT2D eigenvalue weighted by Crippen LogP contribution is -2.14. The van der Waals surface area contributed by atoms with Gasteiger partial charge in [0.15, 0.2) is 0 Å². The van der Waals surface area contributed by atoms with Crippen LogP contribution >= 0.6 is 0 Å². The monoisotopic (exact) mass is 352 g/mol. The molecule has 1 aliphatic carbocycles. The van der Waals surface area contributed by atoms with E-state index < -0.39 is 11.7 Å². The van der Waals surface area contributed by atoms with E-state index in [1.54, 1.807) is 13.8 Å². The molecule has 0 fully saturated rings. The quantitative estimate of drug-likeness (QED) is 0.659. The molecule has 1 aliphatic rings. The predicted molar refractivity (Wildman–Crippen MR) is 97.8 cm³/mol. The molecule has 0 saturated heterocycles. The van der Waals surface area contributed by atoms with E-state index in [9.17, 15) is 14.3 Å². The number of primary amides is 1. The number of hydrogen-bond donors (Lipinski definition) is 3. The number of benzene rings is 1. The standard InChI is InChI=1S/C19H17FN4O2/c1-8-12(20)7-14(25)9(2)16(8)24-17(21)15(18(22)26)11-6-10-4-3-5-13(10)23-19(11)24/h3,5-7,25H,4,21H2,1-2H3,(H2,22,26). The number of anilines is 1. The second-order valence-corrected chi connectivity index (χ2v) is 6.45. The van der Waals surface area contributed by atoms with Gasteiger partial charge in [-0.15, -0.1) is 0 Å². The van der Waals surface area contributed by atoms with Gasteiger partial charge in [0.05, 0.1) is 16.9 Å². The van der Waals surface area contributed by atoms with Crippen molar-refractivity contribution in [3.8, 4) is 11.4 Å². The molecule has 0 atom stereocenters. The molecule has 0 unspecified atom stereocenters. The maximum Gasteiger partial charge on any atom is 0.253 e. The van der Waals surface area contributed by atoms with E-state index in [0.29, 0.717) is 28.7 Å². The van der Waals surface area contributed by atoms with Gasteiger partial charge in [-0.2, -0.15) is 0 Å². The summed E-state index contributed by atoms with van der Waals surface area (Å²) in [5, 5.41) is 10.6. The molecular formula is C19H17FN4O2. The third-order valence-electron chi connectivity index (χ3n) is 4.89. The molecule has 0 spiro atoms. The van der Waals surface area contributed by atoms with Crippen molar-refractivity contribution in [1.29, 1.82) is 0 Å². The number of nitrogen functional groups attached to an aromatic ring is 1. The van der Waals surface area contributed by atoms with Crippen molar-refractivity contribution in [3.05, 3.63) is 52.0 Å². The number of carbonyl (C=O) groups excluding carboxylic acids is 1. The lowest BCUT2D eigenvalue weighted by Gasteiger charge is -2.16. The first-order chi connectivity index (χ1) is 12.3. The number of halogens is 1. The van der Waals surface area contributed by atoms with Gasteiger partial charge in [0.2, 0.25) is 0 Å². The van der Waals surface area contributed by atoms with Crippen LogP contribution in [0.5, 0.6) is 5.75 Å². The number of phenolic OH excluding ortho intramolecular Hbond substituents is 1. The fourth-order valence-corrected chi connectivity index (χ4v) is 3.56. The molecule has 1 aromatic carbocycles. The molecule has 6 nitrogen and oxygen atoms in total. The highest BCUT2D eigenvalue weighted by Gasteiger charge is 2.26. The first-order valence-electron chi connectivity index (χ1n) is 8.10. The number of phenols is 1. The van der Waals surface area contributed by atoms with Gasteiger partial charge in [0, 0.05) is 22.6 Å². The Bertz CT molecular complexity index is 1120. The summed E-state index contributed by atoms with van der Waals surface area (Å²) in [5.74, 6) is -1.39. The Balaban J connectivity index is 2.20. The van der Waals surface area contributed by atoms with Crippen molar-refractivity contribution in [3.63, 3.8) is 0 Å². The molecule has 0 bridgehead atoms. The molecule has 5 N–H and O–H groups in total. The van der Waals surface area contributed by atoms with Crippen molar-refractivity contribution in [2.24, 2.45) is 5.73 Å². The van der Waals surface area contributed by atoms with Crippen LogP contribution in [0, 0.1) is 19.7 Å². The molecule has 2 heterocycles. The van der Waals surface area contributed by atoms with Crippen LogP contribution in [-0.2, 0) is 6.42 Å². The Morgan fingerprint density at radius 2 is 2.04 bits per heavy atom. The van der Waals surface area contributed by atoms with Gasteiger partial charge in [-0.3, -0.25) is 9.36 Å². The van der Waals surface area contributed by atoms with Gasteiger partial charge >= 0.3 is 0 Å². The maximum atomic E-state index is 14.3. The fraction of sp³-hybridized carbons (Fsp3) is 0.158. The van der Waals surface area contributed by atoms with Crippen molar-refractivity contribution < 1.29 is 14.3 Å². The topological polar surface area (TPSA) is 107 Å². The largest absolute Gasteiger partial charge is 0.507 e. The molecule has 0 saturated carbocycles. The molecule has 1 amide bonds. The Morgan fingerprint density at radius 3 is 2.73 bits per heavy atom. The van der Waals surface area contributed by atoms with Crippen LogP contribution in [-0.4, -0.2) is 20.6 Å². The number of nitrogens with zero attached hydrogens (tertiary/aromatic N) is 2. The summed E-state index contributed by atoms with van der Waals surface area (Å²) in [4.78, 5) is 16.7. The van der Waals surface area contributed by atoms with Crippen molar-refractivity contribution in [2.75, 3.05) is 5.73 Å². The lowest BCUT2D eigenvalue weighted by molar-refractivity contribution is 0.100. The van der Waals surface area contributed by atoms with E-state index in [0.717, 1.165) is 17.3 Å². The van der Waals surface area contributed by atoms with Crippen LogP contribution < -0.4 is 11.5 Å². The number of nitrogens with two attached hydrogens (primary N) is 2. The van der Waals surface area contributed by atoms with E-state index in [1.165, 1.54) is 4.57 Å². The zero-order valence-electron chi connectivity index (χ0n) is 14.3. The van der Waals surface area contributed by atoms with Crippen molar-refractivity contribution in [2.45, 2.75) is 20.3 Å². The minimum Gasteiger partial charge on any atom is -0.507 e. The molecule has 3 aromatic rings. The molecule has 7 heteroatoms. The van der Waals surface area contributed by atoms with Crippen LogP contribution in [0.2, 0.25) is 0 Å². The number of allylic oxidation sites excluding steroid dienone is 1. The summed E-state index contributed by atoms with van der Waals surface area (Å²) < 4.78 is 15.8. The van der Waals surface area contributed by atoms with E-state index in [4.69, 9.17) is 11.5 Å². The van der Waals surface area contributed by atoms with Crippen LogP contribution in [0.3, 0.4) is 0 Å². The van der Waals surface area contributed by atoms with E-state index in [-0.39, 0.29) is 22.7 Å². The number of aromatic hydroxyl groups is 1. The number of amides is 1. The average Bonchev–Trinajstić information content (AvgIpc) is 3.13. The van der Waals surface area contributed by atoms with Gasteiger partial charge < -0.3 is 16.6 Å². The highest BCUT2D eigenvalue weighted by molar-refractivity contribution is 6.11. The molecule has 0 aliphatic heterocycles. The summed E-state index contributed by atoms with van der Waals surface area (Å²) in [7, 11) is 0. The highest BCUT2D eigenvalue weighted by atomic mass is 19.1. The Labute approximate surface area is 148 Å². The first kappa shape index (κ1) is 16.1. The fourth-order valence-electron chi connectivity index (χ4n) is 3.56. The van der Waals surface area contributed by atoms with Crippen LogP contribution in [0.25, 0.3) is 22.8 Å². The third-order valence-corrected chi connectivity index (χ3v) is 4.89. The van der Waals surface area contributed by atoms with Crippen molar-refractivity contribution >= 4 is 28.8 Å². The number of hydrogen-bond acceptors (Lipinski definition) is 4. The van der Waals surface area contributed by atoms with Crippen LogP contribution in [0.4, 0.5) is 10.2 Å². The Hall–Kier alpha value is -3.35. The zero-order chi connectivity index (χ0) is 18.7. The van der Waals surface area contributed by atoms with Gasteiger partial charge in [-0.05, 0) is 38.0 Å². The minimum absolute atomic E-state index is 0.0730. The smallest absolute Gasteiger partial charge is 0.253 e. The number of rotatable bonds is 2. The maximum absolute atomic E-state index is 14.3. The highest BCUT2D eigenvalue weighted by Crippen LogP contribution is 2.37. The summed E-state index contributed by atoms with van der Waals surface area (Å²) >= 11 is 0. The summed E-state index contributed by atoms with van der Waals surface area (Å²) in [6.45, 7) is 3.24. The third kappa shape index (κ3) is 2.03. The second kappa shape index (κ2) is 5.32. The SMILES string of the molecule is Cc1c(O)cc(F)c(C)c1-n1c(N)c(C(N)=O)c2cc3c(nc21)C=CC3. The Kier molecular flexibility index (Phi) is 3.30. The van der Waals surface area contributed by atoms with Gasteiger partial charge in [-0.25, -0.2) is 9.37 Å². The summed E-state index contributed by atoms with van der Waals surface area (Å²) in [6, 6.07) is 2.90. The normalized spacial score (nSPS) is 12.7. The summed E-state index contributed by atoms with van der Waals surface area (Å²) in [6.07, 6.45) is 4.56. The molecule has 2 aromatic heterocycles. The van der Waals surface area contributed by atoms with E-state index in [1.807, 2.05) is 18.2 Å². The minimum atomic E-state index is -0.685. The van der Waals surface area contributed by atoms with Gasteiger partial charge in [-0.1, -0.05) is 6.08 Å². The van der Waals surface area contributed by atoms with Gasteiger partial charge in [0.1, 0.15) is 23.0 Å². The first-order valence-corrected chi connectivity index (χ1v) is 8.10. The predicted octanol–water partition coefficient (Wildman–Crippen LogP) is 2.74. The van der Waals surface area contributed by atoms with Gasteiger partial charge in [0.25, 0.3) is 5.91 Å². The molecule has 26 heavy (non-hydrogen) atoms. The molecule has 4 rings (SSSR count). The van der Waals surface area contributed by atoms with Crippen molar-refractivity contribution in [1.82, 2.24) is 9.55 Å². The zero-order valence-corrected chi connectivity index (χ0v) is 14.3. The molecule has 0 radical (unpaired) electrons. The number of aromatic nitrogens is 2. The van der Waals surface area contributed by atoms with Crippen LogP contribution in [0.15, 0.2) is 18.2 Å². The van der Waals surface area contributed by atoms with Crippen LogP contribution in [0.1, 0.15) is 32.7 Å². The lowest BCUT2D eigenvalue weighted by atomic mass is 10.1. The number of fused-ring (bicyclic) bond motifs is 2. The summed E-state index contributed by atoms with van der Waals surface area (Å²) in [5.41, 5.74) is 15.2. The Morgan fingerprint density at radius 1 is 1.31 bits per heavy atom. The molecule has 132 valence electrons.